The van der Waals surface area contributed by atoms with Gasteiger partial charge in [-0.25, -0.2) is 0 Å². The van der Waals surface area contributed by atoms with Crippen LogP contribution in [0.15, 0.2) is 0 Å². The summed E-state index contributed by atoms with van der Waals surface area (Å²) in [5.74, 6) is 0.772. The quantitative estimate of drug-likeness (QED) is 0.681. The molecule has 1 heterocycles. The molecule has 96 valence electrons. The summed E-state index contributed by atoms with van der Waals surface area (Å²) < 4.78 is 0. The lowest BCUT2D eigenvalue weighted by molar-refractivity contribution is 0.117. The summed E-state index contributed by atoms with van der Waals surface area (Å²) >= 11 is 3.55. The van der Waals surface area contributed by atoms with E-state index in [1.54, 1.807) is 0 Å². The predicted octanol–water partition coefficient (Wildman–Crippen LogP) is 1.20. The summed E-state index contributed by atoms with van der Waals surface area (Å²) in [6, 6.07) is 0. The fourth-order valence-corrected chi connectivity index (χ4v) is 2.23. The topological polar surface area (TPSA) is 9.72 Å². The van der Waals surface area contributed by atoms with Crippen LogP contribution in [0.1, 0.15) is 6.92 Å². The van der Waals surface area contributed by atoms with Gasteiger partial charge in [-0.3, -0.25) is 4.90 Å². The molecule has 0 aromatic carbocycles. The molecule has 0 radical (unpaired) electrons. The number of piperazine rings is 1. The zero-order chi connectivity index (χ0) is 12.0. The number of halogens is 1. The lowest BCUT2D eigenvalue weighted by Crippen LogP contribution is -2.49. The van der Waals surface area contributed by atoms with E-state index in [9.17, 15) is 0 Å². The molecule has 0 spiro atoms. The van der Waals surface area contributed by atoms with Crippen molar-refractivity contribution in [3.63, 3.8) is 0 Å². The van der Waals surface area contributed by atoms with Crippen LogP contribution in [0, 0.1) is 5.92 Å². The molecule has 1 unspecified atom stereocenters. The molecule has 0 aromatic rings. The fraction of sp³-hybridized carbons (Fsp3) is 1.00. The SMILES string of the molecule is CC(CBr)CN1CCN(CCN(C)C)CC1. The van der Waals surface area contributed by atoms with Gasteiger partial charge in [0.15, 0.2) is 0 Å². The molecule has 0 aromatic heterocycles. The van der Waals surface area contributed by atoms with E-state index in [-0.39, 0.29) is 0 Å². The maximum Gasteiger partial charge on any atom is 0.0110 e. The van der Waals surface area contributed by atoms with Gasteiger partial charge in [-0.2, -0.15) is 0 Å². The molecule has 4 heteroatoms. The minimum absolute atomic E-state index is 0.772. The normalized spacial score (nSPS) is 21.6. The van der Waals surface area contributed by atoms with E-state index >= 15 is 0 Å². The fourth-order valence-electron chi connectivity index (χ4n) is 2.03. The van der Waals surface area contributed by atoms with Crippen LogP contribution < -0.4 is 0 Å². The van der Waals surface area contributed by atoms with Crippen LogP contribution in [0.4, 0.5) is 0 Å². The second-order valence-corrected chi connectivity index (χ2v) is 5.85. The molecule has 0 N–H and O–H groups in total. The predicted molar refractivity (Wildman–Crippen MR) is 74.4 cm³/mol. The van der Waals surface area contributed by atoms with Crippen LogP contribution in [0.2, 0.25) is 0 Å². The third-order valence-electron chi connectivity index (χ3n) is 3.16. The van der Waals surface area contributed by atoms with E-state index in [2.05, 4.69) is 51.6 Å². The summed E-state index contributed by atoms with van der Waals surface area (Å²) in [6.07, 6.45) is 0. The van der Waals surface area contributed by atoms with Crippen LogP contribution in [0.5, 0.6) is 0 Å². The Labute approximate surface area is 109 Å². The summed E-state index contributed by atoms with van der Waals surface area (Å²) in [5.41, 5.74) is 0. The smallest absolute Gasteiger partial charge is 0.0110 e. The third-order valence-corrected chi connectivity index (χ3v) is 4.27. The highest BCUT2D eigenvalue weighted by Gasteiger charge is 2.17. The Hall–Kier alpha value is 0.360. The standard InChI is InChI=1S/C12H26BrN3/c1-12(10-13)11-16-8-6-15(7-9-16)5-4-14(2)3/h12H,4-11H2,1-3H3. The Balaban J connectivity index is 2.13. The summed E-state index contributed by atoms with van der Waals surface area (Å²) in [4.78, 5) is 7.44. The number of hydrogen-bond acceptors (Lipinski definition) is 3. The zero-order valence-corrected chi connectivity index (χ0v) is 12.5. The second-order valence-electron chi connectivity index (χ2n) is 5.20. The maximum absolute atomic E-state index is 3.55. The van der Waals surface area contributed by atoms with Crippen molar-refractivity contribution in [3.8, 4) is 0 Å². The molecule has 0 amide bonds. The molecule has 1 rings (SSSR count). The van der Waals surface area contributed by atoms with Gasteiger partial charge in [0, 0.05) is 51.1 Å². The van der Waals surface area contributed by atoms with Crippen LogP contribution in [0.3, 0.4) is 0 Å². The monoisotopic (exact) mass is 291 g/mol. The van der Waals surface area contributed by atoms with Gasteiger partial charge in [-0.15, -0.1) is 0 Å². The molecular weight excluding hydrogens is 266 g/mol. The Bertz CT molecular complexity index is 179. The van der Waals surface area contributed by atoms with Gasteiger partial charge in [-0.1, -0.05) is 22.9 Å². The third kappa shape index (κ3) is 5.62. The summed E-state index contributed by atoms with van der Waals surface area (Å²) in [7, 11) is 4.29. The molecule has 1 saturated heterocycles. The molecule has 1 fully saturated rings. The molecule has 16 heavy (non-hydrogen) atoms. The van der Waals surface area contributed by atoms with Crippen LogP contribution in [0.25, 0.3) is 0 Å². The highest BCUT2D eigenvalue weighted by molar-refractivity contribution is 9.09. The van der Waals surface area contributed by atoms with Crippen molar-refractivity contribution in [2.75, 3.05) is 65.2 Å². The van der Waals surface area contributed by atoms with Gasteiger partial charge in [0.1, 0.15) is 0 Å². The zero-order valence-electron chi connectivity index (χ0n) is 11.0. The van der Waals surface area contributed by atoms with Crippen molar-refractivity contribution in [2.45, 2.75) is 6.92 Å². The van der Waals surface area contributed by atoms with Crippen LogP contribution in [-0.2, 0) is 0 Å². The first kappa shape index (κ1) is 14.4. The highest BCUT2D eigenvalue weighted by Crippen LogP contribution is 2.07. The van der Waals surface area contributed by atoms with Crippen molar-refractivity contribution >= 4 is 15.9 Å². The molecule has 1 aliphatic heterocycles. The van der Waals surface area contributed by atoms with Crippen molar-refractivity contribution in [3.05, 3.63) is 0 Å². The summed E-state index contributed by atoms with van der Waals surface area (Å²) in [5, 5.41) is 1.12. The number of nitrogens with zero attached hydrogens (tertiary/aromatic N) is 3. The molecule has 1 atom stereocenters. The van der Waals surface area contributed by atoms with E-state index in [0.717, 1.165) is 11.2 Å². The lowest BCUT2D eigenvalue weighted by atomic mass is 10.2. The van der Waals surface area contributed by atoms with E-state index in [1.165, 1.54) is 45.8 Å². The van der Waals surface area contributed by atoms with E-state index in [0.29, 0.717) is 0 Å². The number of likely N-dealkylation sites (N-methyl/N-ethyl adjacent to an activating group) is 1. The Morgan fingerprint density at radius 2 is 1.69 bits per heavy atom. The van der Waals surface area contributed by atoms with Gasteiger partial charge in [-0.05, 0) is 20.0 Å². The molecule has 0 bridgehead atoms. The van der Waals surface area contributed by atoms with E-state index in [1.807, 2.05) is 0 Å². The molecule has 0 aliphatic carbocycles. The number of rotatable bonds is 6. The number of alkyl halides is 1. The van der Waals surface area contributed by atoms with Gasteiger partial charge in [0.05, 0.1) is 0 Å². The Morgan fingerprint density at radius 1 is 1.12 bits per heavy atom. The Kier molecular flexibility index (Phi) is 6.89. The number of hydrogen-bond donors (Lipinski definition) is 0. The van der Waals surface area contributed by atoms with Gasteiger partial charge in [0.25, 0.3) is 0 Å². The minimum Gasteiger partial charge on any atom is -0.308 e. The van der Waals surface area contributed by atoms with Crippen molar-refractivity contribution < 1.29 is 0 Å². The van der Waals surface area contributed by atoms with Crippen molar-refractivity contribution in [1.29, 1.82) is 0 Å². The first-order chi connectivity index (χ1) is 7.61. The van der Waals surface area contributed by atoms with Crippen molar-refractivity contribution in [2.24, 2.45) is 5.92 Å². The average Bonchev–Trinajstić information content (AvgIpc) is 2.28. The molecule has 3 nitrogen and oxygen atoms in total. The van der Waals surface area contributed by atoms with Gasteiger partial charge in [0.2, 0.25) is 0 Å². The van der Waals surface area contributed by atoms with Gasteiger partial charge >= 0.3 is 0 Å². The van der Waals surface area contributed by atoms with Gasteiger partial charge < -0.3 is 9.80 Å². The average molecular weight is 292 g/mol. The highest BCUT2D eigenvalue weighted by atomic mass is 79.9. The Morgan fingerprint density at radius 3 is 2.19 bits per heavy atom. The minimum atomic E-state index is 0.772. The largest absolute Gasteiger partial charge is 0.308 e. The van der Waals surface area contributed by atoms with E-state index in [4.69, 9.17) is 0 Å². The summed E-state index contributed by atoms with van der Waals surface area (Å²) in [6.45, 7) is 10.9. The molecule has 1 aliphatic rings. The molecule has 0 saturated carbocycles. The van der Waals surface area contributed by atoms with Crippen molar-refractivity contribution in [1.82, 2.24) is 14.7 Å². The second kappa shape index (κ2) is 7.64. The maximum atomic E-state index is 3.55. The first-order valence-corrected chi connectivity index (χ1v) is 7.39. The first-order valence-electron chi connectivity index (χ1n) is 6.27. The van der Waals surface area contributed by atoms with E-state index < -0.39 is 0 Å². The molecular formula is C12H26BrN3. The van der Waals surface area contributed by atoms with Crippen LogP contribution >= 0.6 is 15.9 Å². The van der Waals surface area contributed by atoms with Crippen LogP contribution in [-0.4, -0.2) is 79.9 Å². The lowest BCUT2D eigenvalue weighted by Gasteiger charge is -2.36.